The second kappa shape index (κ2) is 4.15. The highest BCUT2D eigenvalue weighted by Crippen LogP contribution is 2.47. The Hall–Kier alpha value is -1.52. The van der Waals surface area contributed by atoms with Crippen LogP contribution >= 0.6 is 0 Å². The number of amides is 1. The van der Waals surface area contributed by atoms with E-state index in [4.69, 9.17) is 5.73 Å². The number of hydrogen-bond acceptors (Lipinski definition) is 3. The Balaban J connectivity index is 1.76. The van der Waals surface area contributed by atoms with E-state index >= 15 is 0 Å². The van der Waals surface area contributed by atoms with Crippen molar-refractivity contribution in [2.24, 2.45) is 5.41 Å². The van der Waals surface area contributed by atoms with Gasteiger partial charge in [0.05, 0.1) is 0 Å². The Morgan fingerprint density at radius 2 is 2.44 bits per heavy atom. The summed E-state index contributed by atoms with van der Waals surface area (Å²) >= 11 is 0. The molecule has 0 unspecified atom stereocenters. The summed E-state index contributed by atoms with van der Waals surface area (Å²) in [6.07, 6.45) is 5.32. The van der Waals surface area contributed by atoms with Crippen LogP contribution in [0.1, 0.15) is 26.2 Å². The molecule has 1 aliphatic rings. The van der Waals surface area contributed by atoms with Crippen molar-refractivity contribution >= 4 is 11.7 Å². The second-order valence-electron chi connectivity index (χ2n) is 4.57. The summed E-state index contributed by atoms with van der Waals surface area (Å²) in [4.78, 5) is 11.6. The molecule has 1 fully saturated rings. The van der Waals surface area contributed by atoms with Gasteiger partial charge < -0.3 is 11.1 Å². The Kier molecular flexibility index (Phi) is 2.85. The normalized spacial score (nSPS) is 17.1. The summed E-state index contributed by atoms with van der Waals surface area (Å²) in [6.45, 7) is 3.21. The SMILES string of the molecule is CCC1(CNC(=O)Cn2ccc(N)n2)CC1. The first-order chi connectivity index (χ1) is 7.63. The van der Waals surface area contributed by atoms with Crippen molar-refractivity contribution in [2.45, 2.75) is 32.7 Å². The highest BCUT2D eigenvalue weighted by Gasteiger charge is 2.40. The molecule has 0 atom stereocenters. The molecular weight excluding hydrogens is 204 g/mol. The number of nitrogens with zero attached hydrogens (tertiary/aromatic N) is 2. The van der Waals surface area contributed by atoms with Crippen LogP contribution in [0.3, 0.4) is 0 Å². The van der Waals surface area contributed by atoms with Gasteiger partial charge in [-0.2, -0.15) is 5.10 Å². The monoisotopic (exact) mass is 222 g/mol. The lowest BCUT2D eigenvalue weighted by atomic mass is 10.0. The maximum absolute atomic E-state index is 11.6. The molecule has 5 nitrogen and oxygen atoms in total. The van der Waals surface area contributed by atoms with Gasteiger partial charge in [-0.3, -0.25) is 9.48 Å². The summed E-state index contributed by atoms with van der Waals surface area (Å²) in [5.41, 5.74) is 5.85. The molecule has 2 rings (SSSR count). The number of nitrogen functional groups attached to an aromatic ring is 1. The maximum Gasteiger partial charge on any atom is 0.241 e. The first-order valence-electron chi connectivity index (χ1n) is 5.69. The predicted molar refractivity (Wildman–Crippen MR) is 61.6 cm³/mol. The molecule has 16 heavy (non-hydrogen) atoms. The van der Waals surface area contributed by atoms with E-state index in [1.165, 1.54) is 12.8 Å². The fourth-order valence-corrected chi connectivity index (χ4v) is 1.79. The number of nitrogens with one attached hydrogen (secondary N) is 1. The van der Waals surface area contributed by atoms with Crippen LogP contribution in [-0.2, 0) is 11.3 Å². The zero-order chi connectivity index (χ0) is 11.6. The number of carbonyl (C=O) groups excluding carboxylic acids is 1. The van der Waals surface area contributed by atoms with Crippen LogP contribution in [0.15, 0.2) is 12.3 Å². The third-order valence-corrected chi connectivity index (χ3v) is 3.33. The van der Waals surface area contributed by atoms with Gasteiger partial charge in [0.2, 0.25) is 5.91 Å². The lowest BCUT2D eigenvalue weighted by Gasteiger charge is -2.13. The Morgan fingerprint density at radius 1 is 1.69 bits per heavy atom. The van der Waals surface area contributed by atoms with Gasteiger partial charge >= 0.3 is 0 Å². The minimum atomic E-state index is 0.00262. The largest absolute Gasteiger partial charge is 0.382 e. The van der Waals surface area contributed by atoms with Crippen molar-refractivity contribution in [3.05, 3.63) is 12.3 Å². The van der Waals surface area contributed by atoms with Gasteiger partial charge in [-0.15, -0.1) is 0 Å². The van der Waals surface area contributed by atoms with E-state index in [1.54, 1.807) is 16.9 Å². The summed E-state index contributed by atoms with van der Waals surface area (Å²) in [6, 6.07) is 1.68. The van der Waals surface area contributed by atoms with Crippen molar-refractivity contribution in [3.8, 4) is 0 Å². The molecule has 0 saturated heterocycles. The molecule has 88 valence electrons. The third kappa shape index (κ3) is 2.53. The van der Waals surface area contributed by atoms with Gasteiger partial charge in [-0.25, -0.2) is 0 Å². The van der Waals surface area contributed by atoms with Gasteiger partial charge in [0.25, 0.3) is 0 Å². The minimum Gasteiger partial charge on any atom is -0.382 e. The van der Waals surface area contributed by atoms with E-state index in [9.17, 15) is 4.79 Å². The van der Waals surface area contributed by atoms with E-state index in [0.29, 0.717) is 11.2 Å². The lowest BCUT2D eigenvalue weighted by molar-refractivity contribution is -0.122. The van der Waals surface area contributed by atoms with Crippen LogP contribution in [0.25, 0.3) is 0 Å². The summed E-state index contributed by atoms with van der Waals surface area (Å²) in [5, 5.41) is 6.92. The van der Waals surface area contributed by atoms with Crippen molar-refractivity contribution in [1.29, 1.82) is 0 Å². The molecule has 0 aliphatic heterocycles. The first kappa shape index (κ1) is 11.0. The van der Waals surface area contributed by atoms with Gasteiger partial charge in [-0.05, 0) is 30.7 Å². The summed E-state index contributed by atoms with van der Waals surface area (Å²) in [5.74, 6) is 0.447. The van der Waals surface area contributed by atoms with Crippen LogP contribution in [0, 0.1) is 5.41 Å². The predicted octanol–water partition coefficient (Wildman–Crippen LogP) is 0.772. The number of hydrogen-bond donors (Lipinski definition) is 2. The topological polar surface area (TPSA) is 72.9 Å². The second-order valence-corrected chi connectivity index (χ2v) is 4.57. The Bertz CT molecular complexity index is 381. The molecule has 3 N–H and O–H groups in total. The molecule has 0 bridgehead atoms. The van der Waals surface area contributed by atoms with Crippen LogP contribution in [-0.4, -0.2) is 22.2 Å². The standard InChI is InChI=1S/C11H18N4O/c1-2-11(4-5-11)8-13-10(16)7-15-6-3-9(12)14-15/h3,6H,2,4-5,7-8H2,1H3,(H2,12,14)(H,13,16). The number of nitrogens with two attached hydrogens (primary N) is 1. The molecule has 5 heteroatoms. The first-order valence-corrected chi connectivity index (χ1v) is 5.69. The van der Waals surface area contributed by atoms with Crippen molar-refractivity contribution in [2.75, 3.05) is 12.3 Å². The molecule has 0 aromatic carbocycles. The zero-order valence-corrected chi connectivity index (χ0v) is 9.57. The molecule has 1 amide bonds. The van der Waals surface area contributed by atoms with Crippen molar-refractivity contribution in [3.63, 3.8) is 0 Å². The molecule has 1 aromatic rings. The fraction of sp³-hybridized carbons (Fsp3) is 0.636. The van der Waals surface area contributed by atoms with E-state index in [2.05, 4.69) is 17.3 Å². The van der Waals surface area contributed by atoms with Gasteiger partial charge in [0.1, 0.15) is 12.4 Å². The minimum absolute atomic E-state index is 0.00262. The molecule has 0 radical (unpaired) electrons. The molecule has 1 aromatic heterocycles. The van der Waals surface area contributed by atoms with Gasteiger partial charge in [0, 0.05) is 12.7 Å². The number of carbonyl (C=O) groups is 1. The summed E-state index contributed by atoms with van der Waals surface area (Å²) in [7, 11) is 0. The van der Waals surface area contributed by atoms with Crippen molar-refractivity contribution < 1.29 is 4.79 Å². The molecule has 0 spiro atoms. The maximum atomic E-state index is 11.6. The fourth-order valence-electron chi connectivity index (χ4n) is 1.79. The number of aromatic nitrogens is 2. The number of rotatable bonds is 5. The molecule has 1 heterocycles. The molecule has 1 saturated carbocycles. The van der Waals surface area contributed by atoms with E-state index in [1.807, 2.05) is 0 Å². The van der Waals surface area contributed by atoms with Gasteiger partial charge in [0.15, 0.2) is 0 Å². The highest BCUT2D eigenvalue weighted by atomic mass is 16.2. The molecular formula is C11H18N4O. The zero-order valence-electron chi connectivity index (χ0n) is 9.57. The highest BCUT2D eigenvalue weighted by molar-refractivity contribution is 5.75. The van der Waals surface area contributed by atoms with Crippen LogP contribution in [0.5, 0.6) is 0 Å². The Labute approximate surface area is 95.0 Å². The van der Waals surface area contributed by atoms with E-state index in [0.717, 1.165) is 13.0 Å². The quantitative estimate of drug-likeness (QED) is 0.773. The van der Waals surface area contributed by atoms with Crippen LogP contribution < -0.4 is 11.1 Å². The molecule has 1 aliphatic carbocycles. The van der Waals surface area contributed by atoms with E-state index in [-0.39, 0.29) is 12.5 Å². The average molecular weight is 222 g/mol. The average Bonchev–Trinajstić information content (AvgIpc) is 2.95. The summed E-state index contributed by atoms with van der Waals surface area (Å²) < 4.78 is 1.55. The van der Waals surface area contributed by atoms with E-state index < -0.39 is 0 Å². The third-order valence-electron chi connectivity index (χ3n) is 3.33. The smallest absolute Gasteiger partial charge is 0.241 e. The van der Waals surface area contributed by atoms with Crippen LogP contribution in [0.2, 0.25) is 0 Å². The van der Waals surface area contributed by atoms with Gasteiger partial charge in [-0.1, -0.05) is 6.92 Å². The van der Waals surface area contributed by atoms with Crippen molar-refractivity contribution in [1.82, 2.24) is 15.1 Å². The van der Waals surface area contributed by atoms with Crippen LogP contribution in [0.4, 0.5) is 5.82 Å². The Morgan fingerprint density at radius 3 is 2.94 bits per heavy atom. The lowest BCUT2D eigenvalue weighted by Crippen LogP contribution is -2.32. The number of anilines is 1.